The number of aliphatic imine (C=N–C) groups is 1. The number of nitrogens with one attached hydrogen (secondary N) is 2. The number of hydrogen-bond donors (Lipinski definition) is 2. The van der Waals surface area contributed by atoms with Crippen molar-refractivity contribution in [2.75, 3.05) is 45.9 Å². The van der Waals surface area contributed by atoms with Crippen molar-refractivity contribution >= 4 is 41.3 Å². The Morgan fingerprint density at radius 2 is 1.96 bits per heavy atom. The van der Waals surface area contributed by atoms with Crippen LogP contribution in [0, 0.1) is 6.92 Å². The van der Waals surface area contributed by atoms with Crippen LogP contribution in [0.4, 0.5) is 0 Å². The van der Waals surface area contributed by atoms with Gasteiger partial charge in [0, 0.05) is 43.0 Å². The monoisotopic (exact) mass is 509 g/mol. The number of morpholine rings is 1. The summed E-state index contributed by atoms with van der Waals surface area (Å²) < 4.78 is 5.47. The van der Waals surface area contributed by atoms with E-state index < -0.39 is 0 Å². The Hall–Kier alpha value is -0.450. The molecule has 6 nitrogen and oxygen atoms in total. The van der Waals surface area contributed by atoms with Crippen LogP contribution in [0.3, 0.4) is 0 Å². The molecule has 0 bridgehead atoms. The van der Waals surface area contributed by atoms with Crippen molar-refractivity contribution < 1.29 is 4.74 Å². The number of aryl methyl sites for hydroxylation is 2. The number of hydrogen-bond acceptors (Lipinski definition) is 5. The maximum atomic E-state index is 5.47. The van der Waals surface area contributed by atoms with Crippen molar-refractivity contribution in [3.8, 4) is 0 Å². The normalized spacial score (nSPS) is 16.1. The number of rotatable bonds is 8. The Labute approximate surface area is 185 Å². The van der Waals surface area contributed by atoms with E-state index in [4.69, 9.17) is 14.7 Å². The number of guanidine groups is 1. The average Bonchev–Trinajstić information content (AvgIpc) is 3.00. The quantitative estimate of drug-likeness (QED) is 0.321. The van der Waals surface area contributed by atoms with Crippen LogP contribution < -0.4 is 10.6 Å². The maximum absolute atomic E-state index is 5.47. The molecule has 0 amide bonds. The van der Waals surface area contributed by atoms with Gasteiger partial charge in [-0.05, 0) is 34.1 Å². The van der Waals surface area contributed by atoms with E-state index in [9.17, 15) is 0 Å². The molecule has 2 rings (SSSR count). The third kappa shape index (κ3) is 7.83. The van der Waals surface area contributed by atoms with Gasteiger partial charge in [0.05, 0.1) is 30.5 Å². The highest BCUT2D eigenvalue weighted by molar-refractivity contribution is 14.0. The Kier molecular flexibility index (Phi) is 11.1. The summed E-state index contributed by atoms with van der Waals surface area (Å²) in [6.07, 6.45) is 1.94. The molecule has 2 N–H and O–H groups in total. The summed E-state index contributed by atoms with van der Waals surface area (Å²) in [6, 6.07) is 0. The second-order valence-electron chi connectivity index (χ2n) is 7.25. The van der Waals surface area contributed by atoms with Gasteiger partial charge < -0.3 is 15.4 Å². The van der Waals surface area contributed by atoms with Gasteiger partial charge in [-0.3, -0.25) is 9.89 Å². The summed E-state index contributed by atoms with van der Waals surface area (Å²) in [4.78, 5) is 13.4. The molecule has 27 heavy (non-hydrogen) atoms. The molecular formula is C19H36IN5OS. The summed E-state index contributed by atoms with van der Waals surface area (Å²) in [5, 5.41) is 8.01. The van der Waals surface area contributed by atoms with Crippen LogP contribution in [-0.2, 0) is 17.6 Å². The van der Waals surface area contributed by atoms with Gasteiger partial charge in [-0.15, -0.1) is 35.3 Å². The molecule has 1 aliphatic rings. The first-order chi connectivity index (χ1) is 12.5. The fraction of sp³-hybridized carbons (Fsp3) is 0.789. The molecule has 2 heterocycles. The molecule has 0 saturated carbocycles. The Balaban J connectivity index is 0.00000364. The third-order valence-corrected chi connectivity index (χ3v) is 5.81. The van der Waals surface area contributed by atoms with E-state index in [0.717, 1.165) is 64.7 Å². The molecule has 0 spiro atoms. The van der Waals surface area contributed by atoms with Crippen LogP contribution >= 0.6 is 35.3 Å². The molecule has 1 fully saturated rings. The van der Waals surface area contributed by atoms with Crippen molar-refractivity contribution in [3.63, 3.8) is 0 Å². The average molecular weight is 510 g/mol. The molecule has 0 radical (unpaired) electrons. The lowest BCUT2D eigenvalue weighted by Crippen LogP contribution is -2.52. The van der Waals surface area contributed by atoms with Crippen molar-refractivity contribution in [3.05, 3.63) is 15.6 Å². The largest absolute Gasteiger partial charge is 0.379 e. The SMILES string of the molecule is CCNC(=NCC(C)(C)N1CCOCC1)NCCc1nc(CC)c(C)s1.I. The maximum Gasteiger partial charge on any atom is 0.191 e. The van der Waals surface area contributed by atoms with E-state index >= 15 is 0 Å². The summed E-state index contributed by atoms with van der Waals surface area (Å²) in [7, 11) is 0. The zero-order chi connectivity index (χ0) is 19.0. The minimum absolute atomic E-state index is 0. The topological polar surface area (TPSA) is 61.8 Å². The van der Waals surface area contributed by atoms with E-state index in [1.807, 2.05) is 11.3 Å². The molecule has 0 unspecified atom stereocenters. The first kappa shape index (κ1) is 24.6. The Bertz CT molecular complexity index is 585. The van der Waals surface area contributed by atoms with Crippen LogP contribution in [0.2, 0.25) is 0 Å². The highest BCUT2D eigenvalue weighted by Crippen LogP contribution is 2.18. The first-order valence-electron chi connectivity index (χ1n) is 9.76. The lowest BCUT2D eigenvalue weighted by atomic mass is 10.0. The molecule has 0 aliphatic carbocycles. The lowest BCUT2D eigenvalue weighted by Gasteiger charge is -2.39. The van der Waals surface area contributed by atoms with Crippen molar-refractivity contribution in [1.29, 1.82) is 0 Å². The predicted molar refractivity (Wildman–Crippen MR) is 126 cm³/mol. The van der Waals surface area contributed by atoms with Crippen LogP contribution in [0.15, 0.2) is 4.99 Å². The number of nitrogens with zero attached hydrogens (tertiary/aromatic N) is 3. The predicted octanol–water partition coefficient (Wildman–Crippen LogP) is 2.84. The molecule has 1 aliphatic heterocycles. The van der Waals surface area contributed by atoms with Gasteiger partial charge in [0.1, 0.15) is 0 Å². The molecule has 8 heteroatoms. The van der Waals surface area contributed by atoms with Crippen molar-refractivity contribution in [1.82, 2.24) is 20.5 Å². The smallest absolute Gasteiger partial charge is 0.191 e. The molecule has 1 saturated heterocycles. The Morgan fingerprint density at radius 3 is 2.56 bits per heavy atom. The molecule has 0 aromatic carbocycles. The summed E-state index contributed by atoms with van der Waals surface area (Å²) in [5.41, 5.74) is 1.27. The van der Waals surface area contributed by atoms with Gasteiger partial charge in [0.15, 0.2) is 5.96 Å². The van der Waals surface area contributed by atoms with Gasteiger partial charge in [-0.2, -0.15) is 0 Å². The number of halogens is 1. The molecular weight excluding hydrogens is 473 g/mol. The fourth-order valence-electron chi connectivity index (χ4n) is 3.09. The van der Waals surface area contributed by atoms with Gasteiger partial charge in [0.2, 0.25) is 0 Å². The molecule has 0 atom stereocenters. The third-order valence-electron chi connectivity index (χ3n) is 4.74. The highest BCUT2D eigenvalue weighted by Gasteiger charge is 2.28. The van der Waals surface area contributed by atoms with E-state index in [-0.39, 0.29) is 29.5 Å². The van der Waals surface area contributed by atoms with Crippen LogP contribution in [0.5, 0.6) is 0 Å². The molecule has 156 valence electrons. The molecule has 1 aromatic heterocycles. The second kappa shape index (κ2) is 12.2. The minimum Gasteiger partial charge on any atom is -0.379 e. The Morgan fingerprint density at radius 1 is 1.26 bits per heavy atom. The summed E-state index contributed by atoms with van der Waals surface area (Å²) in [6.45, 7) is 17.0. The van der Waals surface area contributed by atoms with Crippen molar-refractivity contribution in [2.24, 2.45) is 4.99 Å². The van der Waals surface area contributed by atoms with E-state index in [0.29, 0.717) is 0 Å². The van der Waals surface area contributed by atoms with Crippen LogP contribution in [0.1, 0.15) is 43.3 Å². The van der Waals surface area contributed by atoms with Gasteiger partial charge in [-0.1, -0.05) is 6.92 Å². The van der Waals surface area contributed by atoms with E-state index in [1.54, 1.807) is 0 Å². The fourth-order valence-corrected chi connectivity index (χ4v) is 4.11. The van der Waals surface area contributed by atoms with Crippen LogP contribution in [0.25, 0.3) is 0 Å². The van der Waals surface area contributed by atoms with E-state index in [1.165, 1.54) is 15.6 Å². The minimum atomic E-state index is 0. The van der Waals surface area contributed by atoms with E-state index in [2.05, 4.69) is 50.2 Å². The molecule has 1 aromatic rings. The zero-order valence-electron chi connectivity index (χ0n) is 17.4. The first-order valence-corrected chi connectivity index (χ1v) is 10.6. The van der Waals surface area contributed by atoms with Gasteiger partial charge in [-0.25, -0.2) is 4.98 Å². The summed E-state index contributed by atoms with van der Waals surface area (Å²) in [5.74, 6) is 0.887. The lowest BCUT2D eigenvalue weighted by molar-refractivity contribution is -0.00683. The van der Waals surface area contributed by atoms with Crippen molar-refractivity contribution in [2.45, 2.75) is 53.0 Å². The zero-order valence-corrected chi connectivity index (χ0v) is 20.6. The number of aromatic nitrogens is 1. The van der Waals surface area contributed by atoms with Crippen LogP contribution in [-0.4, -0.2) is 67.3 Å². The number of thiazole rings is 1. The second-order valence-corrected chi connectivity index (χ2v) is 8.54. The standard InChI is InChI=1S/C19H35N5OS.HI/c1-6-16-15(3)26-17(23-16)8-9-21-18(20-7-2)22-14-19(4,5)24-10-12-25-13-11-24;/h6-14H2,1-5H3,(H2,20,21,22);1H. The number of ether oxygens (including phenoxy) is 1. The highest BCUT2D eigenvalue weighted by atomic mass is 127. The van der Waals surface area contributed by atoms with Gasteiger partial charge in [0.25, 0.3) is 0 Å². The van der Waals surface area contributed by atoms with Gasteiger partial charge >= 0.3 is 0 Å². The summed E-state index contributed by atoms with van der Waals surface area (Å²) >= 11 is 1.81.